The quantitative estimate of drug-likeness (QED) is 0.835. The first-order valence-electron chi connectivity index (χ1n) is 5.68. The third-order valence-electron chi connectivity index (χ3n) is 2.87. The van der Waals surface area contributed by atoms with Crippen molar-refractivity contribution >= 4 is 50.0 Å². The zero-order chi connectivity index (χ0) is 13.2. The number of halogens is 3. The van der Waals surface area contributed by atoms with Crippen LogP contribution in [0.25, 0.3) is 0 Å². The molecule has 19 heavy (non-hydrogen) atoms. The van der Waals surface area contributed by atoms with Crippen molar-refractivity contribution in [3.63, 3.8) is 0 Å². The molecule has 1 aromatic carbocycles. The average molecular weight is 390 g/mol. The lowest BCUT2D eigenvalue weighted by atomic mass is 10.1. The van der Waals surface area contributed by atoms with Gasteiger partial charge in [-0.25, -0.2) is 13.1 Å². The fourth-order valence-electron chi connectivity index (χ4n) is 1.91. The normalized spacial score (nSPS) is 16.9. The number of hydrogen-bond acceptors (Lipinski definition) is 3. The maximum Gasteiger partial charge on any atom is 0.242 e. The Morgan fingerprint density at radius 1 is 1.32 bits per heavy atom. The second kappa shape index (κ2) is 7.24. The van der Waals surface area contributed by atoms with Crippen molar-refractivity contribution in [3.05, 3.63) is 27.7 Å². The third-order valence-corrected chi connectivity index (χ3v) is 5.84. The monoisotopic (exact) mass is 388 g/mol. The van der Waals surface area contributed by atoms with Crippen LogP contribution in [0.5, 0.6) is 0 Å². The van der Waals surface area contributed by atoms with Crippen molar-refractivity contribution in [2.75, 3.05) is 13.1 Å². The highest BCUT2D eigenvalue weighted by molar-refractivity contribution is 9.10. The Labute approximate surface area is 132 Å². The highest BCUT2D eigenvalue weighted by Gasteiger charge is 2.24. The van der Waals surface area contributed by atoms with Gasteiger partial charge >= 0.3 is 0 Å². The van der Waals surface area contributed by atoms with Gasteiger partial charge in [-0.3, -0.25) is 0 Å². The van der Waals surface area contributed by atoms with Gasteiger partial charge in [-0.1, -0.05) is 17.7 Å². The van der Waals surface area contributed by atoms with Crippen LogP contribution in [0, 0.1) is 0 Å². The Morgan fingerprint density at radius 3 is 2.58 bits per heavy atom. The van der Waals surface area contributed by atoms with Crippen molar-refractivity contribution < 1.29 is 8.42 Å². The first-order valence-corrected chi connectivity index (χ1v) is 8.33. The van der Waals surface area contributed by atoms with E-state index in [1.165, 1.54) is 6.07 Å². The predicted octanol–water partition coefficient (Wildman–Crippen LogP) is 2.55. The Balaban J connectivity index is 0.00000180. The van der Waals surface area contributed by atoms with Crippen LogP contribution in [0.15, 0.2) is 27.6 Å². The molecule has 108 valence electrons. The van der Waals surface area contributed by atoms with Gasteiger partial charge in [0.15, 0.2) is 0 Å². The summed E-state index contributed by atoms with van der Waals surface area (Å²) in [5.74, 6) is 0. The summed E-state index contributed by atoms with van der Waals surface area (Å²) < 4.78 is 27.8. The van der Waals surface area contributed by atoms with E-state index in [4.69, 9.17) is 11.6 Å². The lowest BCUT2D eigenvalue weighted by molar-refractivity contribution is 0.427. The fraction of sp³-hybridized carbons (Fsp3) is 0.455. The molecular formula is C11H15BrCl2N2O2S. The molecule has 1 saturated heterocycles. The summed E-state index contributed by atoms with van der Waals surface area (Å²) in [6.07, 6.45) is 1.59. The summed E-state index contributed by atoms with van der Waals surface area (Å²) in [6, 6.07) is 4.86. The van der Waals surface area contributed by atoms with E-state index in [9.17, 15) is 8.42 Å². The molecule has 0 bridgehead atoms. The smallest absolute Gasteiger partial charge is 0.242 e. The number of benzene rings is 1. The van der Waals surface area contributed by atoms with Crippen LogP contribution in [-0.4, -0.2) is 27.5 Å². The van der Waals surface area contributed by atoms with Gasteiger partial charge in [0.25, 0.3) is 0 Å². The fourth-order valence-corrected chi connectivity index (χ4v) is 4.25. The van der Waals surface area contributed by atoms with Gasteiger partial charge in [-0.05, 0) is 54.0 Å². The van der Waals surface area contributed by atoms with Gasteiger partial charge < -0.3 is 5.32 Å². The summed E-state index contributed by atoms with van der Waals surface area (Å²) >= 11 is 9.25. The van der Waals surface area contributed by atoms with Gasteiger partial charge in [-0.15, -0.1) is 12.4 Å². The van der Waals surface area contributed by atoms with Crippen molar-refractivity contribution in [1.82, 2.24) is 10.0 Å². The molecule has 0 aromatic heterocycles. The standard InChI is InChI=1S/C11H14BrClN2O2S.ClH/c12-9-2-1-3-10(11(9)13)18(16,17)15-8-4-6-14-7-5-8;/h1-3,8,14-15H,4-7H2;1H. The number of sulfonamides is 1. The maximum absolute atomic E-state index is 12.2. The van der Waals surface area contributed by atoms with Crippen LogP contribution in [0.1, 0.15) is 12.8 Å². The largest absolute Gasteiger partial charge is 0.317 e. The zero-order valence-corrected chi connectivity index (χ0v) is 14.0. The second-order valence-electron chi connectivity index (χ2n) is 4.20. The molecule has 0 unspecified atom stereocenters. The Hall–Kier alpha value is 0.150. The van der Waals surface area contributed by atoms with E-state index < -0.39 is 10.0 Å². The molecular weight excluding hydrogens is 375 g/mol. The molecule has 0 amide bonds. The van der Waals surface area contributed by atoms with Crippen LogP contribution < -0.4 is 10.0 Å². The van der Waals surface area contributed by atoms with E-state index >= 15 is 0 Å². The minimum atomic E-state index is -3.55. The highest BCUT2D eigenvalue weighted by Crippen LogP contribution is 2.29. The summed E-state index contributed by atoms with van der Waals surface area (Å²) in [5, 5.41) is 3.41. The van der Waals surface area contributed by atoms with E-state index in [1.54, 1.807) is 12.1 Å². The van der Waals surface area contributed by atoms with Crippen LogP contribution >= 0.6 is 39.9 Å². The summed E-state index contributed by atoms with van der Waals surface area (Å²) in [6.45, 7) is 1.67. The third kappa shape index (κ3) is 4.31. The Morgan fingerprint density at radius 2 is 1.95 bits per heavy atom. The lowest BCUT2D eigenvalue weighted by Crippen LogP contribution is -2.42. The summed E-state index contributed by atoms with van der Waals surface area (Å²) in [4.78, 5) is 0.122. The minimum absolute atomic E-state index is 0. The topological polar surface area (TPSA) is 58.2 Å². The van der Waals surface area contributed by atoms with Crippen LogP contribution in [0.4, 0.5) is 0 Å². The molecule has 1 aliphatic rings. The van der Waals surface area contributed by atoms with Crippen molar-refractivity contribution in [3.8, 4) is 0 Å². The van der Waals surface area contributed by atoms with Crippen molar-refractivity contribution in [1.29, 1.82) is 0 Å². The van der Waals surface area contributed by atoms with E-state index in [2.05, 4.69) is 26.0 Å². The SMILES string of the molecule is Cl.O=S(=O)(NC1CCNCC1)c1cccc(Br)c1Cl. The molecule has 1 fully saturated rings. The molecule has 0 spiro atoms. The van der Waals surface area contributed by atoms with Crippen LogP contribution in [0.3, 0.4) is 0 Å². The molecule has 2 N–H and O–H groups in total. The Kier molecular flexibility index (Phi) is 6.56. The summed E-state index contributed by atoms with van der Waals surface area (Å²) in [7, 11) is -3.55. The second-order valence-corrected chi connectivity index (χ2v) is 7.11. The van der Waals surface area contributed by atoms with Gasteiger partial charge in [-0.2, -0.15) is 0 Å². The molecule has 1 aromatic rings. The molecule has 1 heterocycles. The lowest BCUT2D eigenvalue weighted by Gasteiger charge is -2.23. The van der Waals surface area contributed by atoms with Crippen LogP contribution in [-0.2, 0) is 10.0 Å². The molecule has 2 rings (SSSR count). The van der Waals surface area contributed by atoms with E-state index in [0.29, 0.717) is 4.47 Å². The summed E-state index contributed by atoms with van der Waals surface area (Å²) in [5.41, 5.74) is 0. The van der Waals surface area contributed by atoms with Gasteiger partial charge in [0.2, 0.25) is 10.0 Å². The minimum Gasteiger partial charge on any atom is -0.317 e. The predicted molar refractivity (Wildman–Crippen MR) is 82.6 cm³/mol. The highest BCUT2D eigenvalue weighted by atomic mass is 79.9. The Bertz CT molecular complexity index is 533. The van der Waals surface area contributed by atoms with Gasteiger partial charge in [0, 0.05) is 10.5 Å². The molecule has 0 saturated carbocycles. The number of rotatable bonds is 3. The first-order chi connectivity index (χ1) is 8.50. The number of hydrogen-bond donors (Lipinski definition) is 2. The molecule has 4 nitrogen and oxygen atoms in total. The van der Waals surface area contributed by atoms with E-state index in [1.807, 2.05) is 0 Å². The number of piperidine rings is 1. The molecule has 0 radical (unpaired) electrons. The molecule has 1 aliphatic heterocycles. The van der Waals surface area contributed by atoms with Gasteiger partial charge in [0.05, 0.1) is 5.02 Å². The van der Waals surface area contributed by atoms with Gasteiger partial charge in [0.1, 0.15) is 4.90 Å². The molecule has 0 atom stereocenters. The van der Waals surface area contributed by atoms with E-state index in [-0.39, 0.29) is 28.4 Å². The number of nitrogens with one attached hydrogen (secondary N) is 2. The molecule has 0 aliphatic carbocycles. The average Bonchev–Trinajstić information content (AvgIpc) is 2.33. The zero-order valence-electron chi connectivity index (χ0n) is 10.0. The first kappa shape index (κ1) is 17.2. The van der Waals surface area contributed by atoms with Crippen molar-refractivity contribution in [2.45, 2.75) is 23.8 Å². The maximum atomic E-state index is 12.2. The van der Waals surface area contributed by atoms with E-state index in [0.717, 1.165) is 25.9 Å². The van der Waals surface area contributed by atoms with Crippen molar-refractivity contribution in [2.24, 2.45) is 0 Å². The molecule has 8 heteroatoms. The van der Waals surface area contributed by atoms with Crippen LogP contribution in [0.2, 0.25) is 5.02 Å².